The third-order valence-corrected chi connectivity index (χ3v) is 7.33. The number of rotatable bonds is 6. The molecule has 3 aliphatic rings. The van der Waals surface area contributed by atoms with E-state index >= 15 is 0 Å². The normalized spacial score (nSPS) is 22.5. The highest BCUT2D eigenvalue weighted by molar-refractivity contribution is 6.27. The van der Waals surface area contributed by atoms with Gasteiger partial charge in [0.2, 0.25) is 0 Å². The number of ether oxygens (including phenoxy) is 1. The van der Waals surface area contributed by atoms with Crippen molar-refractivity contribution in [3.05, 3.63) is 107 Å². The van der Waals surface area contributed by atoms with Crippen LogP contribution in [0.1, 0.15) is 41.0 Å². The Kier molecular flexibility index (Phi) is 8.52. The minimum atomic E-state index is -1.82. The molecule has 3 fully saturated rings. The Morgan fingerprint density at radius 2 is 1.33 bits per heavy atom. The standard InChI is InChI=1S/C28H31NO.C2H2O4/c1-21-10-8-9-15-25(21)20-30-28-24-16-18-29(19-17-24)27(28)26(22-11-4-2-5-12-22)23-13-6-3-7-14-23;3-1(4)2(5)6/h2-15,24,26-28H,16-20H2,1H3;(H,3,4)(H,5,6)/t27-,28-;/m1./s1. The highest BCUT2D eigenvalue weighted by Crippen LogP contribution is 2.43. The van der Waals surface area contributed by atoms with Gasteiger partial charge in [-0.1, -0.05) is 84.9 Å². The molecule has 0 aliphatic carbocycles. The van der Waals surface area contributed by atoms with Crippen molar-refractivity contribution in [1.82, 2.24) is 4.90 Å². The molecule has 2 N–H and O–H groups in total. The molecule has 3 aromatic carbocycles. The van der Waals surface area contributed by atoms with Crippen LogP contribution < -0.4 is 0 Å². The van der Waals surface area contributed by atoms with Crippen molar-refractivity contribution in [2.45, 2.75) is 44.4 Å². The van der Waals surface area contributed by atoms with E-state index in [9.17, 15) is 0 Å². The predicted molar refractivity (Wildman–Crippen MR) is 138 cm³/mol. The maximum absolute atomic E-state index is 9.10. The molecule has 0 spiro atoms. The van der Waals surface area contributed by atoms with Crippen molar-refractivity contribution >= 4 is 11.9 Å². The van der Waals surface area contributed by atoms with E-state index in [-0.39, 0.29) is 6.10 Å². The number of benzene rings is 3. The van der Waals surface area contributed by atoms with Crippen LogP contribution in [0.25, 0.3) is 0 Å². The summed E-state index contributed by atoms with van der Waals surface area (Å²) in [4.78, 5) is 20.9. The number of piperidine rings is 3. The summed E-state index contributed by atoms with van der Waals surface area (Å²) in [6.45, 7) is 5.27. The lowest BCUT2D eigenvalue weighted by Crippen LogP contribution is -2.60. The molecule has 3 aromatic rings. The molecule has 6 nitrogen and oxygen atoms in total. The second kappa shape index (κ2) is 12.0. The quantitative estimate of drug-likeness (QED) is 0.478. The van der Waals surface area contributed by atoms with Gasteiger partial charge >= 0.3 is 11.9 Å². The Balaban J connectivity index is 0.000000455. The number of hydrogen-bond donors (Lipinski definition) is 2. The number of hydrogen-bond acceptors (Lipinski definition) is 4. The lowest BCUT2D eigenvalue weighted by Gasteiger charge is -2.53. The van der Waals surface area contributed by atoms with E-state index in [0.29, 0.717) is 24.5 Å². The number of aryl methyl sites for hydroxylation is 1. The fraction of sp³-hybridized carbons (Fsp3) is 0.333. The van der Waals surface area contributed by atoms with Crippen LogP contribution >= 0.6 is 0 Å². The van der Waals surface area contributed by atoms with Crippen LogP contribution in [0.4, 0.5) is 0 Å². The van der Waals surface area contributed by atoms with Gasteiger partial charge in [-0.2, -0.15) is 0 Å². The van der Waals surface area contributed by atoms with E-state index in [2.05, 4.69) is 96.8 Å². The zero-order chi connectivity index (χ0) is 25.5. The lowest BCUT2D eigenvalue weighted by atomic mass is 9.72. The van der Waals surface area contributed by atoms with Crippen molar-refractivity contribution in [3.63, 3.8) is 0 Å². The molecule has 0 saturated carbocycles. The van der Waals surface area contributed by atoms with Crippen LogP contribution in [-0.4, -0.2) is 52.3 Å². The summed E-state index contributed by atoms with van der Waals surface area (Å²) in [6, 6.07) is 31.1. The van der Waals surface area contributed by atoms with Crippen LogP contribution in [0.5, 0.6) is 0 Å². The second-order valence-corrected chi connectivity index (χ2v) is 9.48. The molecule has 2 atom stereocenters. The molecule has 0 radical (unpaired) electrons. The molecule has 2 bridgehead atoms. The summed E-state index contributed by atoms with van der Waals surface area (Å²) in [5.41, 5.74) is 5.41. The van der Waals surface area contributed by atoms with Gasteiger partial charge < -0.3 is 14.9 Å². The molecule has 36 heavy (non-hydrogen) atoms. The second-order valence-electron chi connectivity index (χ2n) is 9.48. The number of fused-ring (bicyclic) bond motifs is 3. The molecule has 3 saturated heterocycles. The van der Waals surface area contributed by atoms with Crippen LogP contribution in [0.2, 0.25) is 0 Å². The van der Waals surface area contributed by atoms with E-state index in [1.54, 1.807) is 0 Å². The number of carboxylic acids is 2. The summed E-state index contributed by atoms with van der Waals surface area (Å²) >= 11 is 0. The lowest BCUT2D eigenvalue weighted by molar-refractivity contribution is -0.159. The fourth-order valence-electron chi connectivity index (χ4n) is 5.53. The van der Waals surface area contributed by atoms with Gasteiger partial charge in [0.25, 0.3) is 0 Å². The van der Waals surface area contributed by atoms with Crippen molar-refractivity contribution < 1.29 is 24.5 Å². The Morgan fingerprint density at radius 1 is 0.833 bits per heavy atom. The van der Waals surface area contributed by atoms with Gasteiger partial charge in [-0.25, -0.2) is 9.59 Å². The summed E-state index contributed by atoms with van der Waals surface area (Å²) in [6.07, 6.45) is 2.77. The highest BCUT2D eigenvalue weighted by atomic mass is 16.5. The molecule has 0 aromatic heterocycles. The summed E-state index contributed by atoms with van der Waals surface area (Å²) in [5.74, 6) is -2.67. The number of carboxylic acid groups (broad SMARTS) is 2. The number of aliphatic carboxylic acids is 2. The molecule has 0 unspecified atom stereocenters. The zero-order valence-corrected chi connectivity index (χ0v) is 20.5. The minimum absolute atomic E-state index is 0.262. The first-order valence-corrected chi connectivity index (χ1v) is 12.4. The summed E-state index contributed by atoms with van der Waals surface area (Å²) in [5, 5.41) is 14.8. The van der Waals surface area contributed by atoms with Crippen LogP contribution in [0, 0.1) is 12.8 Å². The average Bonchev–Trinajstić information content (AvgIpc) is 2.91. The largest absolute Gasteiger partial charge is 0.473 e. The third-order valence-electron chi connectivity index (χ3n) is 7.33. The highest BCUT2D eigenvalue weighted by Gasteiger charge is 2.47. The Hall–Kier alpha value is -3.48. The van der Waals surface area contributed by atoms with Gasteiger partial charge in [0.15, 0.2) is 0 Å². The van der Waals surface area contributed by atoms with Crippen molar-refractivity contribution in [2.75, 3.05) is 13.1 Å². The minimum Gasteiger partial charge on any atom is -0.473 e. The smallest absolute Gasteiger partial charge is 0.414 e. The topological polar surface area (TPSA) is 87.1 Å². The van der Waals surface area contributed by atoms with Crippen molar-refractivity contribution in [1.29, 1.82) is 0 Å². The van der Waals surface area contributed by atoms with Gasteiger partial charge in [0.1, 0.15) is 0 Å². The Morgan fingerprint density at radius 3 is 1.83 bits per heavy atom. The molecule has 188 valence electrons. The first kappa shape index (κ1) is 25.6. The predicted octanol–water partition coefficient (Wildman–Crippen LogP) is 4.96. The van der Waals surface area contributed by atoms with Gasteiger partial charge in [-0.05, 0) is 61.0 Å². The van der Waals surface area contributed by atoms with E-state index in [1.807, 2.05) is 0 Å². The van der Waals surface area contributed by atoms with E-state index in [0.717, 1.165) is 0 Å². The Labute approximate surface area is 212 Å². The molecule has 3 aliphatic heterocycles. The Bertz CT molecular complexity index is 1090. The van der Waals surface area contributed by atoms with E-state index < -0.39 is 11.9 Å². The first-order valence-electron chi connectivity index (χ1n) is 12.4. The maximum atomic E-state index is 9.10. The van der Waals surface area contributed by atoms with Crippen LogP contribution in [-0.2, 0) is 20.9 Å². The third kappa shape index (κ3) is 6.01. The molecule has 0 amide bonds. The number of carbonyl (C=O) groups is 2. The zero-order valence-electron chi connectivity index (χ0n) is 20.5. The van der Waals surface area contributed by atoms with Gasteiger partial charge in [0, 0.05) is 12.0 Å². The van der Waals surface area contributed by atoms with Gasteiger partial charge in [0.05, 0.1) is 12.7 Å². The van der Waals surface area contributed by atoms with Crippen LogP contribution in [0.3, 0.4) is 0 Å². The molecule has 3 heterocycles. The van der Waals surface area contributed by atoms with Gasteiger partial charge in [-0.3, -0.25) is 4.90 Å². The number of nitrogens with zero attached hydrogens (tertiary/aromatic N) is 1. The van der Waals surface area contributed by atoms with Crippen LogP contribution in [0.15, 0.2) is 84.9 Å². The molecular formula is C30H33NO5. The van der Waals surface area contributed by atoms with Crippen molar-refractivity contribution in [2.24, 2.45) is 5.92 Å². The molecule has 6 heteroatoms. The van der Waals surface area contributed by atoms with E-state index in [1.165, 1.54) is 48.2 Å². The van der Waals surface area contributed by atoms with Crippen molar-refractivity contribution in [3.8, 4) is 0 Å². The monoisotopic (exact) mass is 487 g/mol. The van der Waals surface area contributed by atoms with Gasteiger partial charge in [-0.15, -0.1) is 0 Å². The molecule has 6 rings (SSSR count). The fourth-order valence-corrected chi connectivity index (χ4v) is 5.53. The first-order chi connectivity index (χ1) is 17.5. The maximum Gasteiger partial charge on any atom is 0.414 e. The van der Waals surface area contributed by atoms with E-state index in [4.69, 9.17) is 24.5 Å². The molecular weight excluding hydrogens is 454 g/mol. The average molecular weight is 488 g/mol. The SMILES string of the molecule is Cc1ccccc1CO[C@@H]1C2CCN(CC2)[C@@H]1C(c1ccccc1)c1ccccc1.O=C(O)C(=O)O. The summed E-state index contributed by atoms with van der Waals surface area (Å²) < 4.78 is 6.78. The summed E-state index contributed by atoms with van der Waals surface area (Å²) in [7, 11) is 0.